The molecule has 3 aromatic rings. The van der Waals surface area contributed by atoms with Crippen LogP contribution in [0, 0.1) is 19.8 Å². The van der Waals surface area contributed by atoms with E-state index in [1.54, 1.807) is 36.7 Å². The molecule has 0 bridgehead atoms. The van der Waals surface area contributed by atoms with E-state index in [0.29, 0.717) is 18.1 Å². The van der Waals surface area contributed by atoms with Crippen molar-refractivity contribution in [1.82, 2.24) is 9.88 Å². The first kappa shape index (κ1) is 24.2. The summed E-state index contributed by atoms with van der Waals surface area (Å²) in [5.41, 5.74) is 3.92. The van der Waals surface area contributed by atoms with E-state index < -0.39 is 17.7 Å². The number of aliphatic hydroxyl groups is 1. The van der Waals surface area contributed by atoms with Gasteiger partial charge in [0.1, 0.15) is 11.5 Å². The van der Waals surface area contributed by atoms with Crippen LogP contribution in [0.2, 0.25) is 0 Å². The van der Waals surface area contributed by atoms with Crippen LogP contribution in [0.1, 0.15) is 47.7 Å². The minimum Gasteiger partial charge on any atom is -0.507 e. The number of aromatic nitrogens is 1. The van der Waals surface area contributed by atoms with Gasteiger partial charge in [-0.1, -0.05) is 44.2 Å². The van der Waals surface area contributed by atoms with Gasteiger partial charge in [-0.05, 0) is 66.3 Å². The number of ether oxygens (including phenoxy) is 1. The van der Waals surface area contributed by atoms with Crippen molar-refractivity contribution in [2.24, 2.45) is 5.92 Å². The summed E-state index contributed by atoms with van der Waals surface area (Å²) in [7, 11) is 0. The van der Waals surface area contributed by atoms with Crippen molar-refractivity contribution < 1.29 is 19.4 Å². The van der Waals surface area contributed by atoms with Gasteiger partial charge in [0.05, 0.1) is 18.2 Å². The van der Waals surface area contributed by atoms with E-state index >= 15 is 0 Å². The van der Waals surface area contributed by atoms with Crippen molar-refractivity contribution >= 4 is 17.4 Å². The van der Waals surface area contributed by atoms with Crippen LogP contribution in [0.5, 0.6) is 5.75 Å². The predicted molar refractivity (Wildman–Crippen MR) is 135 cm³/mol. The smallest absolute Gasteiger partial charge is 0.295 e. The van der Waals surface area contributed by atoms with Crippen molar-refractivity contribution in [3.05, 3.63) is 100 Å². The maximum atomic E-state index is 13.3. The molecule has 35 heavy (non-hydrogen) atoms. The second-order valence-electron chi connectivity index (χ2n) is 9.33. The van der Waals surface area contributed by atoms with E-state index in [4.69, 9.17) is 4.74 Å². The lowest BCUT2D eigenvalue weighted by Crippen LogP contribution is -2.29. The topological polar surface area (TPSA) is 79.7 Å². The number of hydrogen-bond acceptors (Lipinski definition) is 5. The lowest BCUT2D eigenvalue weighted by Gasteiger charge is -2.26. The van der Waals surface area contributed by atoms with Gasteiger partial charge in [-0.15, -0.1) is 0 Å². The molecule has 6 heteroatoms. The number of aryl methyl sites for hydroxylation is 2. The van der Waals surface area contributed by atoms with Crippen LogP contribution in [-0.4, -0.2) is 33.3 Å². The number of ketones is 1. The predicted octanol–water partition coefficient (Wildman–Crippen LogP) is 5.36. The van der Waals surface area contributed by atoms with Gasteiger partial charge in [0.15, 0.2) is 0 Å². The SMILES string of the molecule is Cc1cc(/C(O)=C2\C(=O)C(=O)N(Cc3cccnc3)C2c2ccccc2C)ccc1OCC(C)C. The number of pyridine rings is 1. The monoisotopic (exact) mass is 470 g/mol. The summed E-state index contributed by atoms with van der Waals surface area (Å²) >= 11 is 0. The average molecular weight is 471 g/mol. The molecule has 1 N–H and O–H groups in total. The summed E-state index contributed by atoms with van der Waals surface area (Å²) in [6, 6.07) is 15.9. The molecule has 2 aromatic carbocycles. The van der Waals surface area contributed by atoms with Gasteiger partial charge >= 0.3 is 0 Å². The normalized spacial score (nSPS) is 17.3. The van der Waals surface area contributed by atoms with Crippen molar-refractivity contribution in [3.8, 4) is 5.75 Å². The minimum absolute atomic E-state index is 0.0865. The molecule has 180 valence electrons. The van der Waals surface area contributed by atoms with Crippen LogP contribution < -0.4 is 4.74 Å². The fourth-order valence-electron chi connectivity index (χ4n) is 4.32. The zero-order chi connectivity index (χ0) is 25.1. The van der Waals surface area contributed by atoms with Crippen LogP contribution >= 0.6 is 0 Å². The minimum atomic E-state index is -0.714. The molecule has 1 aliphatic rings. The Hall–Kier alpha value is -3.93. The molecule has 6 nitrogen and oxygen atoms in total. The Morgan fingerprint density at radius 1 is 1.06 bits per heavy atom. The number of likely N-dealkylation sites (tertiary alicyclic amines) is 1. The molecule has 1 atom stereocenters. The Labute approximate surface area is 205 Å². The number of aliphatic hydroxyl groups excluding tert-OH is 1. The highest BCUT2D eigenvalue weighted by Gasteiger charge is 2.46. The van der Waals surface area contributed by atoms with Crippen LogP contribution in [0.4, 0.5) is 0 Å². The number of carbonyl (C=O) groups is 2. The van der Waals surface area contributed by atoms with Gasteiger partial charge in [-0.25, -0.2) is 0 Å². The number of carbonyl (C=O) groups excluding carboxylic acids is 2. The van der Waals surface area contributed by atoms with Gasteiger partial charge in [0, 0.05) is 24.5 Å². The number of nitrogens with zero attached hydrogens (tertiary/aromatic N) is 2. The number of Topliss-reactive ketones (excluding diaryl/α,β-unsaturated/α-hetero) is 1. The van der Waals surface area contributed by atoms with Gasteiger partial charge < -0.3 is 14.7 Å². The second kappa shape index (κ2) is 10.1. The van der Waals surface area contributed by atoms with Crippen molar-refractivity contribution in [3.63, 3.8) is 0 Å². The summed E-state index contributed by atoms with van der Waals surface area (Å²) in [5.74, 6) is -0.423. The maximum absolute atomic E-state index is 13.3. The molecule has 1 aliphatic heterocycles. The first-order chi connectivity index (χ1) is 16.8. The molecule has 1 fully saturated rings. The fourth-order valence-corrected chi connectivity index (χ4v) is 4.32. The Balaban J connectivity index is 1.81. The highest BCUT2D eigenvalue weighted by atomic mass is 16.5. The van der Waals surface area contributed by atoms with Gasteiger partial charge in [-0.2, -0.15) is 0 Å². The van der Waals surface area contributed by atoms with E-state index in [2.05, 4.69) is 18.8 Å². The number of amides is 1. The number of rotatable bonds is 7. The second-order valence-corrected chi connectivity index (χ2v) is 9.33. The molecule has 1 saturated heterocycles. The molecule has 1 aromatic heterocycles. The molecule has 4 rings (SSSR count). The third kappa shape index (κ3) is 4.97. The zero-order valence-corrected chi connectivity index (χ0v) is 20.5. The van der Waals surface area contributed by atoms with Crippen LogP contribution in [0.25, 0.3) is 5.76 Å². The Kier molecular flexibility index (Phi) is 7.01. The maximum Gasteiger partial charge on any atom is 0.295 e. The summed E-state index contributed by atoms with van der Waals surface area (Å²) in [6.07, 6.45) is 3.33. The van der Waals surface area contributed by atoms with Gasteiger partial charge in [0.25, 0.3) is 11.7 Å². The first-order valence-corrected chi connectivity index (χ1v) is 11.7. The average Bonchev–Trinajstić information content (AvgIpc) is 3.08. The summed E-state index contributed by atoms with van der Waals surface area (Å²) in [5, 5.41) is 11.4. The standard InChI is InChI=1S/C29H30N2O4/c1-18(2)17-35-24-12-11-22(14-20(24)4)27(32)25-26(23-10-6-5-8-19(23)3)31(29(34)28(25)33)16-21-9-7-13-30-15-21/h5-15,18,26,32H,16-17H2,1-4H3/b27-25+. The Morgan fingerprint density at radius 3 is 2.49 bits per heavy atom. The molecule has 1 amide bonds. The third-order valence-electron chi connectivity index (χ3n) is 6.12. The molecular formula is C29H30N2O4. The van der Waals surface area contributed by atoms with Crippen molar-refractivity contribution in [2.45, 2.75) is 40.3 Å². The van der Waals surface area contributed by atoms with E-state index in [1.807, 2.05) is 44.2 Å². The largest absolute Gasteiger partial charge is 0.507 e. The first-order valence-electron chi connectivity index (χ1n) is 11.7. The fraction of sp³-hybridized carbons (Fsp3) is 0.276. The Bertz CT molecular complexity index is 1280. The summed E-state index contributed by atoms with van der Waals surface area (Å²) < 4.78 is 5.85. The highest BCUT2D eigenvalue weighted by molar-refractivity contribution is 6.46. The molecular weight excluding hydrogens is 440 g/mol. The lowest BCUT2D eigenvalue weighted by atomic mass is 9.92. The van der Waals surface area contributed by atoms with Gasteiger partial charge in [-0.3, -0.25) is 14.6 Å². The van der Waals surface area contributed by atoms with E-state index in [0.717, 1.165) is 28.0 Å². The van der Waals surface area contributed by atoms with E-state index in [1.165, 1.54) is 4.90 Å². The van der Waals surface area contributed by atoms with Crippen molar-refractivity contribution in [1.29, 1.82) is 0 Å². The highest BCUT2D eigenvalue weighted by Crippen LogP contribution is 2.41. The van der Waals surface area contributed by atoms with Crippen LogP contribution in [0.15, 0.2) is 72.6 Å². The van der Waals surface area contributed by atoms with Crippen LogP contribution in [0.3, 0.4) is 0 Å². The van der Waals surface area contributed by atoms with E-state index in [9.17, 15) is 14.7 Å². The van der Waals surface area contributed by atoms with Crippen molar-refractivity contribution in [2.75, 3.05) is 6.61 Å². The third-order valence-corrected chi connectivity index (χ3v) is 6.12. The number of benzene rings is 2. The molecule has 2 heterocycles. The molecule has 0 spiro atoms. The van der Waals surface area contributed by atoms with E-state index in [-0.39, 0.29) is 17.9 Å². The molecule has 1 unspecified atom stereocenters. The Morgan fingerprint density at radius 2 is 1.83 bits per heavy atom. The molecule has 0 radical (unpaired) electrons. The quantitative estimate of drug-likeness (QED) is 0.286. The zero-order valence-electron chi connectivity index (χ0n) is 20.5. The summed E-state index contributed by atoms with van der Waals surface area (Å²) in [4.78, 5) is 32.2. The number of hydrogen-bond donors (Lipinski definition) is 1. The molecule has 0 aliphatic carbocycles. The molecule has 0 saturated carbocycles. The lowest BCUT2D eigenvalue weighted by molar-refractivity contribution is -0.140. The van der Waals surface area contributed by atoms with Crippen LogP contribution in [-0.2, 0) is 16.1 Å². The van der Waals surface area contributed by atoms with Gasteiger partial charge in [0.2, 0.25) is 0 Å². The summed E-state index contributed by atoms with van der Waals surface area (Å²) in [6.45, 7) is 8.77.